The minimum absolute atomic E-state index is 0.00305. The summed E-state index contributed by atoms with van der Waals surface area (Å²) in [5.41, 5.74) is 0.625. The van der Waals surface area contributed by atoms with Gasteiger partial charge < -0.3 is 9.64 Å². The van der Waals surface area contributed by atoms with E-state index in [-0.39, 0.29) is 24.2 Å². The lowest BCUT2D eigenvalue weighted by Crippen LogP contribution is -2.40. The van der Waals surface area contributed by atoms with Gasteiger partial charge in [-0.25, -0.2) is 4.68 Å². The molecule has 8 heteroatoms. The van der Waals surface area contributed by atoms with Crippen molar-refractivity contribution in [2.45, 2.75) is 31.5 Å². The summed E-state index contributed by atoms with van der Waals surface area (Å²) in [6.07, 6.45) is -3.68. The van der Waals surface area contributed by atoms with Crippen LogP contribution in [0.5, 0.6) is 5.88 Å². The molecule has 0 N–H and O–H groups in total. The van der Waals surface area contributed by atoms with Gasteiger partial charge in [-0.05, 0) is 18.1 Å². The average Bonchev–Trinajstić information content (AvgIpc) is 3.03. The van der Waals surface area contributed by atoms with Crippen LogP contribution < -0.4 is 9.64 Å². The highest BCUT2D eigenvalue weighted by molar-refractivity contribution is 6.05. The Morgan fingerprint density at radius 1 is 1.24 bits per heavy atom. The lowest BCUT2D eigenvalue weighted by molar-refractivity contribution is -0.152. The largest absolute Gasteiger partial charge is 0.478 e. The first-order valence-corrected chi connectivity index (χ1v) is 8.13. The normalized spacial score (nSPS) is 19.8. The van der Waals surface area contributed by atoms with Gasteiger partial charge in [0.1, 0.15) is 0 Å². The number of ether oxygens (including phenoxy) is 1. The van der Waals surface area contributed by atoms with E-state index in [1.165, 1.54) is 11.0 Å². The number of rotatable bonds is 1. The molecular formula is C17H16F3N3O2. The quantitative estimate of drug-likeness (QED) is 0.792. The Hall–Kier alpha value is -2.51. The van der Waals surface area contributed by atoms with E-state index in [2.05, 4.69) is 5.10 Å². The van der Waals surface area contributed by atoms with Crippen LogP contribution in [0.3, 0.4) is 0 Å². The number of aromatic nitrogens is 2. The molecule has 2 aliphatic rings. The van der Waals surface area contributed by atoms with E-state index in [9.17, 15) is 18.0 Å². The van der Waals surface area contributed by atoms with E-state index in [0.717, 1.165) is 6.42 Å². The molecule has 5 nitrogen and oxygen atoms in total. The summed E-state index contributed by atoms with van der Waals surface area (Å²) in [4.78, 5) is 14.2. The molecule has 25 heavy (non-hydrogen) atoms. The molecule has 2 aliphatic heterocycles. The monoisotopic (exact) mass is 351 g/mol. The highest BCUT2D eigenvalue weighted by atomic mass is 19.4. The smallest absolute Gasteiger partial charge is 0.395 e. The minimum atomic E-state index is -4.33. The zero-order valence-electron chi connectivity index (χ0n) is 13.3. The van der Waals surface area contributed by atoms with E-state index in [0.29, 0.717) is 24.7 Å². The van der Waals surface area contributed by atoms with Gasteiger partial charge in [0.05, 0.1) is 12.5 Å². The Labute approximate surface area is 142 Å². The van der Waals surface area contributed by atoms with Gasteiger partial charge in [0.2, 0.25) is 5.88 Å². The molecule has 1 unspecified atom stereocenters. The number of hydrogen-bond acceptors (Lipinski definition) is 3. The van der Waals surface area contributed by atoms with Crippen molar-refractivity contribution in [1.82, 2.24) is 9.78 Å². The summed E-state index contributed by atoms with van der Waals surface area (Å²) in [6.45, 7) is 1.23. The first-order valence-electron chi connectivity index (χ1n) is 8.13. The zero-order chi connectivity index (χ0) is 17.6. The van der Waals surface area contributed by atoms with Gasteiger partial charge in [-0.2, -0.15) is 18.3 Å². The average molecular weight is 351 g/mol. The van der Waals surface area contributed by atoms with E-state index in [4.69, 9.17) is 4.74 Å². The predicted molar refractivity (Wildman–Crippen MR) is 83.9 cm³/mol. The van der Waals surface area contributed by atoms with Crippen molar-refractivity contribution < 1.29 is 22.7 Å². The van der Waals surface area contributed by atoms with Gasteiger partial charge in [0.25, 0.3) is 5.91 Å². The fraction of sp³-hybridized carbons (Fsp3) is 0.412. The molecule has 4 rings (SSSR count). The number of halogens is 3. The fourth-order valence-corrected chi connectivity index (χ4v) is 3.42. The van der Waals surface area contributed by atoms with Gasteiger partial charge in [-0.1, -0.05) is 18.2 Å². The minimum Gasteiger partial charge on any atom is -0.478 e. The van der Waals surface area contributed by atoms with E-state index >= 15 is 0 Å². The molecular weight excluding hydrogens is 335 g/mol. The molecule has 3 heterocycles. The number of fused-ring (bicyclic) bond motifs is 2. The Morgan fingerprint density at radius 3 is 2.80 bits per heavy atom. The van der Waals surface area contributed by atoms with Gasteiger partial charge in [0.15, 0.2) is 5.69 Å². The van der Waals surface area contributed by atoms with Crippen molar-refractivity contribution in [3.05, 3.63) is 41.6 Å². The Bertz CT molecular complexity index is 792. The molecule has 0 fully saturated rings. The second-order valence-corrected chi connectivity index (χ2v) is 6.19. The van der Waals surface area contributed by atoms with Crippen LogP contribution in [-0.2, 0) is 6.54 Å². The van der Waals surface area contributed by atoms with Gasteiger partial charge in [-0.3, -0.25) is 4.79 Å². The maximum absolute atomic E-state index is 13.3. The highest BCUT2D eigenvalue weighted by Gasteiger charge is 2.45. The van der Waals surface area contributed by atoms with Crippen molar-refractivity contribution in [3.63, 3.8) is 0 Å². The van der Waals surface area contributed by atoms with Crippen molar-refractivity contribution >= 4 is 11.6 Å². The number of para-hydroxylation sites is 1. The second kappa shape index (κ2) is 5.79. The Morgan fingerprint density at radius 2 is 2.04 bits per heavy atom. The first kappa shape index (κ1) is 16.0. The summed E-state index contributed by atoms with van der Waals surface area (Å²) < 4.78 is 46.9. The van der Waals surface area contributed by atoms with Crippen LogP contribution in [0, 0.1) is 0 Å². The molecule has 0 aliphatic carbocycles. The molecule has 1 aromatic heterocycles. The third-order valence-corrected chi connectivity index (χ3v) is 4.61. The number of alkyl halides is 3. The number of nitrogens with zero attached hydrogens (tertiary/aromatic N) is 3. The maximum Gasteiger partial charge on any atom is 0.395 e. The van der Waals surface area contributed by atoms with Crippen molar-refractivity contribution in [3.8, 4) is 5.88 Å². The Kier molecular flexibility index (Phi) is 3.70. The molecule has 132 valence electrons. The number of aryl methyl sites for hydroxylation is 1. The topological polar surface area (TPSA) is 47.4 Å². The number of carbonyl (C=O) groups is 1. The fourth-order valence-electron chi connectivity index (χ4n) is 3.42. The SMILES string of the molecule is O=C(c1cc2n(n1)CCCO2)N1CCC(C(F)(F)F)c2ccccc21. The summed E-state index contributed by atoms with van der Waals surface area (Å²) in [6, 6.07) is 7.75. The first-order chi connectivity index (χ1) is 11.9. The van der Waals surface area contributed by atoms with E-state index < -0.39 is 18.0 Å². The van der Waals surface area contributed by atoms with Gasteiger partial charge >= 0.3 is 6.18 Å². The van der Waals surface area contributed by atoms with Crippen molar-refractivity contribution in [2.24, 2.45) is 0 Å². The van der Waals surface area contributed by atoms with Gasteiger partial charge in [-0.15, -0.1) is 0 Å². The standard InChI is InChI=1S/C17H16F3N3O2/c18-17(19,20)12-6-8-22(14-5-2-1-4-11(12)14)16(24)13-10-15-23(21-13)7-3-9-25-15/h1-2,4-5,10,12H,3,6-9H2. The number of amides is 1. The van der Waals surface area contributed by atoms with E-state index in [1.54, 1.807) is 28.9 Å². The lowest BCUT2D eigenvalue weighted by Gasteiger charge is -2.34. The van der Waals surface area contributed by atoms with Crippen LogP contribution in [0.15, 0.2) is 30.3 Å². The molecule has 0 saturated heterocycles. The van der Waals surface area contributed by atoms with Crippen LogP contribution >= 0.6 is 0 Å². The van der Waals surface area contributed by atoms with Crippen LogP contribution in [-0.4, -0.2) is 35.0 Å². The van der Waals surface area contributed by atoms with Crippen LogP contribution in [0.25, 0.3) is 0 Å². The number of anilines is 1. The molecule has 0 bridgehead atoms. The Balaban J connectivity index is 1.68. The van der Waals surface area contributed by atoms with E-state index in [1.807, 2.05) is 0 Å². The third kappa shape index (κ3) is 2.75. The third-order valence-electron chi connectivity index (χ3n) is 4.61. The van der Waals surface area contributed by atoms with Gasteiger partial charge in [0, 0.05) is 31.3 Å². The predicted octanol–water partition coefficient (Wildman–Crippen LogP) is 3.36. The number of carbonyl (C=O) groups excluding carboxylic acids is 1. The van der Waals surface area contributed by atoms with Crippen LogP contribution in [0.2, 0.25) is 0 Å². The summed E-state index contributed by atoms with van der Waals surface area (Å²) in [5.74, 6) is -1.43. The van der Waals surface area contributed by atoms with Crippen LogP contribution in [0.4, 0.5) is 18.9 Å². The summed E-state index contributed by atoms with van der Waals surface area (Å²) >= 11 is 0. The lowest BCUT2D eigenvalue weighted by atomic mass is 9.89. The molecule has 1 aromatic carbocycles. The number of hydrogen-bond donors (Lipinski definition) is 0. The maximum atomic E-state index is 13.3. The molecule has 2 aromatic rings. The molecule has 0 saturated carbocycles. The molecule has 1 atom stereocenters. The highest BCUT2D eigenvalue weighted by Crippen LogP contribution is 2.45. The van der Waals surface area contributed by atoms with Crippen molar-refractivity contribution in [2.75, 3.05) is 18.1 Å². The molecule has 1 amide bonds. The molecule has 0 spiro atoms. The molecule has 0 radical (unpaired) electrons. The zero-order valence-corrected chi connectivity index (χ0v) is 13.3. The second-order valence-electron chi connectivity index (χ2n) is 6.19. The van der Waals surface area contributed by atoms with Crippen molar-refractivity contribution in [1.29, 1.82) is 0 Å². The number of benzene rings is 1. The van der Waals surface area contributed by atoms with Crippen LogP contribution in [0.1, 0.15) is 34.8 Å². The summed E-state index contributed by atoms with van der Waals surface area (Å²) in [5, 5.41) is 4.24. The summed E-state index contributed by atoms with van der Waals surface area (Å²) in [7, 11) is 0.